The van der Waals surface area contributed by atoms with Crippen molar-refractivity contribution in [2.24, 2.45) is 0 Å². The van der Waals surface area contributed by atoms with E-state index in [-0.39, 0.29) is 10.6 Å². The first-order valence-corrected chi connectivity index (χ1v) is 8.38. The van der Waals surface area contributed by atoms with Crippen molar-refractivity contribution in [1.29, 1.82) is 0 Å². The van der Waals surface area contributed by atoms with Gasteiger partial charge in [-0.2, -0.15) is 0 Å². The molecule has 2 aromatic carbocycles. The van der Waals surface area contributed by atoms with Crippen LogP contribution in [0.5, 0.6) is 5.75 Å². The predicted molar refractivity (Wildman–Crippen MR) is 90.3 cm³/mol. The van der Waals surface area contributed by atoms with Crippen LogP contribution in [0.4, 0.5) is 4.39 Å². The van der Waals surface area contributed by atoms with Crippen molar-refractivity contribution in [3.63, 3.8) is 0 Å². The largest absolute Gasteiger partial charge is 0.496 e. The Kier molecular flexibility index (Phi) is 5.26. The van der Waals surface area contributed by atoms with Crippen LogP contribution >= 0.6 is 47.8 Å². The Morgan fingerprint density at radius 1 is 1.15 bits per heavy atom. The Morgan fingerprint density at radius 3 is 2.50 bits per heavy atom. The summed E-state index contributed by atoms with van der Waals surface area (Å²) in [6.45, 7) is 2.01. The van der Waals surface area contributed by atoms with Gasteiger partial charge < -0.3 is 4.74 Å². The van der Waals surface area contributed by atoms with Gasteiger partial charge in [-0.25, -0.2) is 4.39 Å². The summed E-state index contributed by atoms with van der Waals surface area (Å²) in [7, 11) is 1.54. The number of benzene rings is 2. The Balaban J connectivity index is 2.57. The third kappa shape index (κ3) is 3.10. The molecule has 0 aromatic heterocycles. The molecule has 0 heterocycles. The van der Waals surface area contributed by atoms with Gasteiger partial charge in [0.2, 0.25) is 0 Å². The molecule has 20 heavy (non-hydrogen) atoms. The number of hydrogen-bond donors (Lipinski definition) is 0. The summed E-state index contributed by atoms with van der Waals surface area (Å²) in [6.07, 6.45) is 0. The minimum atomic E-state index is -0.301. The lowest BCUT2D eigenvalue weighted by Gasteiger charge is -2.18. The zero-order valence-corrected chi connectivity index (χ0v) is 15.6. The van der Waals surface area contributed by atoms with Gasteiger partial charge in [0.25, 0.3) is 0 Å². The third-order valence-corrected chi connectivity index (χ3v) is 5.53. The Bertz CT molecular complexity index is 643. The van der Waals surface area contributed by atoms with E-state index < -0.39 is 0 Å². The molecule has 0 spiro atoms. The highest BCUT2D eigenvalue weighted by atomic mass is 79.9. The zero-order chi connectivity index (χ0) is 14.9. The highest BCUT2D eigenvalue weighted by molar-refractivity contribution is 9.11. The van der Waals surface area contributed by atoms with E-state index in [1.54, 1.807) is 12.1 Å². The lowest BCUT2D eigenvalue weighted by Crippen LogP contribution is -2.01. The van der Waals surface area contributed by atoms with Gasteiger partial charge in [-0.1, -0.05) is 53.9 Å². The maximum absolute atomic E-state index is 14.1. The zero-order valence-electron chi connectivity index (χ0n) is 10.9. The maximum atomic E-state index is 14.1. The molecule has 106 valence electrons. The van der Waals surface area contributed by atoms with Gasteiger partial charge in [0, 0.05) is 14.5 Å². The van der Waals surface area contributed by atoms with E-state index in [1.165, 1.54) is 13.2 Å². The van der Waals surface area contributed by atoms with Gasteiger partial charge >= 0.3 is 0 Å². The fourth-order valence-electron chi connectivity index (χ4n) is 1.95. The SMILES string of the molecule is COc1cccc(F)c1C(Br)c1cc(Br)c(C)cc1Br. The minimum absolute atomic E-state index is 0.296. The molecule has 2 aromatic rings. The smallest absolute Gasteiger partial charge is 0.131 e. The van der Waals surface area contributed by atoms with E-state index in [9.17, 15) is 4.39 Å². The lowest BCUT2D eigenvalue weighted by atomic mass is 10.0. The van der Waals surface area contributed by atoms with Gasteiger partial charge in [-0.05, 0) is 42.3 Å². The fraction of sp³-hybridized carbons (Fsp3) is 0.200. The molecule has 0 saturated heterocycles. The molecule has 2 rings (SSSR count). The molecule has 5 heteroatoms. The summed E-state index contributed by atoms with van der Waals surface area (Å²) in [5.41, 5.74) is 2.54. The fourth-order valence-corrected chi connectivity index (χ4v) is 4.13. The van der Waals surface area contributed by atoms with Crippen LogP contribution in [-0.4, -0.2) is 7.11 Å². The minimum Gasteiger partial charge on any atom is -0.496 e. The van der Waals surface area contributed by atoms with Gasteiger partial charge in [-0.15, -0.1) is 0 Å². The highest BCUT2D eigenvalue weighted by Crippen LogP contribution is 2.42. The molecule has 1 atom stereocenters. The molecule has 0 radical (unpaired) electrons. The van der Waals surface area contributed by atoms with Gasteiger partial charge in [-0.3, -0.25) is 0 Å². The number of ether oxygens (including phenoxy) is 1. The molecular weight excluding hydrogens is 455 g/mol. The van der Waals surface area contributed by atoms with E-state index in [0.717, 1.165) is 20.1 Å². The number of hydrogen-bond acceptors (Lipinski definition) is 1. The van der Waals surface area contributed by atoms with E-state index in [2.05, 4.69) is 47.8 Å². The second-order valence-corrected chi connectivity index (χ2v) is 6.97. The van der Waals surface area contributed by atoms with Crippen molar-refractivity contribution in [3.8, 4) is 5.75 Å². The molecule has 0 N–H and O–H groups in total. The number of methoxy groups -OCH3 is 1. The number of halogens is 4. The summed E-state index contributed by atoms with van der Waals surface area (Å²) in [6, 6.07) is 8.80. The monoisotopic (exact) mass is 464 g/mol. The Morgan fingerprint density at radius 2 is 1.85 bits per heavy atom. The van der Waals surface area contributed by atoms with Crippen LogP contribution in [-0.2, 0) is 0 Å². The molecule has 0 aliphatic carbocycles. The second kappa shape index (κ2) is 6.58. The van der Waals surface area contributed by atoms with Crippen molar-refractivity contribution in [3.05, 3.63) is 61.8 Å². The number of aryl methyl sites for hydroxylation is 1. The van der Waals surface area contributed by atoms with Crippen LogP contribution in [0.2, 0.25) is 0 Å². The number of alkyl halides is 1. The molecule has 0 fully saturated rings. The molecule has 0 aliphatic rings. The average molecular weight is 467 g/mol. The predicted octanol–water partition coefficient (Wildman–Crippen LogP) is 6.15. The van der Waals surface area contributed by atoms with Crippen LogP contribution in [0, 0.1) is 12.7 Å². The van der Waals surface area contributed by atoms with E-state index in [4.69, 9.17) is 4.74 Å². The standard InChI is InChI=1S/C15H12Br3FO/c1-8-6-11(17)9(7-10(8)16)15(18)14-12(19)4-3-5-13(14)20-2/h3-7,15H,1-2H3. The summed E-state index contributed by atoms with van der Waals surface area (Å²) in [4.78, 5) is -0.301. The van der Waals surface area contributed by atoms with E-state index in [1.807, 2.05) is 19.1 Å². The first kappa shape index (κ1) is 16.0. The van der Waals surface area contributed by atoms with Crippen LogP contribution in [0.15, 0.2) is 39.3 Å². The van der Waals surface area contributed by atoms with Crippen molar-refractivity contribution in [1.82, 2.24) is 0 Å². The molecule has 0 saturated carbocycles. The molecule has 0 bridgehead atoms. The van der Waals surface area contributed by atoms with Crippen LogP contribution in [0.1, 0.15) is 21.5 Å². The normalized spacial score (nSPS) is 12.3. The number of rotatable bonds is 3. The third-order valence-electron chi connectivity index (χ3n) is 3.04. The van der Waals surface area contributed by atoms with Crippen molar-refractivity contribution in [2.45, 2.75) is 11.8 Å². The summed E-state index contributed by atoms with van der Waals surface area (Å²) in [5, 5.41) is 0. The Labute approximate surface area is 142 Å². The summed E-state index contributed by atoms with van der Waals surface area (Å²) in [5.74, 6) is 0.227. The molecular formula is C15H12Br3FO. The van der Waals surface area contributed by atoms with Gasteiger partial charge in [0.15, 0.2) is 0 Å². The van der Waals surface area contributed by atoms with E-state index in [0.29, 0.717) is 11.3 Å². The quantitative estimate of drug-likeness (QED) is 0.493. The van der Waals surface area contributed by atoms with Crippen LogP contribution in [0.3, 0.4) is 0 Å². The first-order chi connectivity index (χ1) is 9.45. The average Bonchev–Trinajstić information content (AvgIpc) is 2.41. The van der Waals surface area contributed by atoms with Crippen molar-refractivity contribution >= 4 is 47.8 Å². The molecule has 0 amide bonds. The highest BCUT2D eigenvalue weighted by Gasteiger charge is 2.22. The van der Waals surface area contributed by atoms with Crippen molar-refractivity contribution in [2.75, 3.05) is 7.11 Å². The molecule has 1 nitrogen and oxygen atoms in total. The lowest BCUT2D eigenvalue weighted by molar-refractivity contribution is 0.405. The second-order valence-electron chi connectivity index (χ2n) is 4.34. The summed E-state index contributed by atoms with van der Waals surface area (Å²) < 4.78 is 21.3. The van der Waals surface area contributed by atoms with Crippen LogP contribution in [0.25, 0.3) is 0 Å². The Hall–Kier alpha value is -0.390. The van der Waals surface area contributed by atoms with Crippen molar-refractivity contribution < 1.29 is 9.13 Å². The van der Waals surface area contributed by atoms with E-state index >= 15 is 0 Å². The van der Waals surface area contributed by atoms with Crippen LogP contribution < -0.4 is 4.74 Å². The van der Waals surface area contributed by atoms with Gasteiger partial charge in [0.05, 0.1) is 11.9 Å². The molecule has 1 unspecified atom stereocenters. The first-order valence-electron chi connectivity index (χ1n) is 5.87. The van der Waals surface area contributed by atoms with Gasteiger partial charge in [0.1, 0.15) is 11.6 Å². The summed E-state index contributed by atoms with van der Waals surface area (Å²) >= 11 is 10.6. The maximum Gasteiger partial charge on any atom is 0.131 e. The molecule has 0 aliphatic heterocycles. The topological polar surface area (TPSA) is 9.23 Å².